The molecule has 0 fully saturated rings. The average molecular weight is 419 g/mol. The van der Waals surface area contributed by atoms with Crippen LogP contribution in [0.25, 0.3) is 0 Å². The minimum atomic E-state index is -1.16. The first kappa shape index (κ1) is 26.0. The molecule has 0 saturated carbocycles. The van der Waals surface area contributed by atoms with E-state index in [4.69, 9.17) is 17.2 Å². The number of rotatable bonds is 14. The molecule has 162 valence electrons. The van der Waals surface area contributed by atoms with Gasteiger partial charge in [0.1, 0.15) is 12.1 Å². The van der Waals surface area contributed by atoms with Gasteiger partial charge in [-0.2, -0.15) is 11.8 Å². The molecule has 0 radical (unpaired) electrons. The van der Waals surface area contributed by atoms with E-state index in [1.54, 1.807) is 11.8 Å². The highest BCUT2D eigenvalue weighted by atomic mass is 32.2. The zero-order valence-corrected chi connectivity index (χ0v) is 17.6. The molecule has 0 aliphatic heterocycles. The Kier molecular flexibility index (Phi) is 13.0. The highest BCUT2D eigenvalue weighted by Crippen LogP contribution is 2.08. The first-order chi connectivity index (χ1) is 13.1. The second kappa shape index (κ2) is 14.1. The fourth-order valence-electron chi connectivity index (χ4n) is 2.39. The number of nitrogens with zero attached hydrogens (tertiary/aromatic N) is 1. The SMILES string of the molecule is CSCC[C@H](N)C(=O)N[C@@H](CC(C)C)C(=O)N[C@@H](CCCN=C(N)N)C(=O)O. The number of hydrogen-bond acceptors (Lipinski definition) is 6. The summed E-state index contributed by atoms with van der Waals surface area (Å²) in [4.78, 5) is 40.1. The monoisotopic (exact) mass is 418 g/mol. The van der Waals surface area contributed by atoms with Crippen molar-refractivity contribution >= 4 is 35.5 Å². The summed E-state index contributed by atoms with van der Waals surface area (Å²) in [5.41, 5.74) is 16.3. The number of aliphatic carboxylic acids is 1. The van der Waals surface area contributed by atoms with Crippen molar-refractivity contribution in [3.05, 3.63) is 0 Å². The van der Waals surface area contributed by atoms with Crippen LogP contribution in [-0.4, -0.2) is 65.5 Å². The molecular weight excluding hydrogens is 384 g/mol. The zero-order chi connectivity index (χ0) is 21.7. The lowest BCUT2D eigenvalue weighted by Gasteiger charge is -2.24. The van der Waals surface area contributed by atoms with Crippen molar-refractivity contribution in [2.45, 2.75) is 57.7 Å². The topological polar surface area (TPSA) is 186 Å². The molecule has 11 heteroatoms. The molecule has 0 unspecified atom stereocenters. The van der Waals surface area contributed by atoms with Crippen LogP contribution in [0.5, 0.6) is 0 Å². The van der Waals surface area contributed by atoms with E-state index in [1.807, 2.05) is 20.1 Å². The lowest BCUT2D eigenvalue weighted by atomic mass is 10.0. The number of carboxylic acids is 1. The smallest absolute Gasteiger partial charge is 0.326 e. The highest BCUT2D eigenvalue weighted by molar-refractivity contribution is 7.98. The van der Waals surface area contributed by atoms with Gasteiger partial charge >= 0.3 is 5.97 Å². The molecule has 0 aromatic carbocycles. The Labute approximate surface area is 170 Å². The van der Waals surface area contributed by atoms with Gasteiger partial charge in [0.15, 0.2) is 5.96 Å². The second-order valence-electron chi connectivity index (χ2n) is 6.93. The predicted molar refractivity (Wildman–Crippen MR) is 112 cm³/mol. The summed E-state index contributed by atoms with van der Waals surface area (Å²) in [6.07, 6.45) is 3.32. The van der Waals surface area contributed by atoms with Crippen molar-refractivity contribution in [1.82, 2.24) is 10.6 Å². The van der Waals surface area contributed by atoms with Crippen LogP contribution in [0.1, 0.15) is 39.5 Å². The molecule has 0 spiro atoms. The fraction of sp³-hybridized carbons (Fsp3) is 0.765. The third-order valence-electron chi connectivity index (χ3n) is 3.87. The molecule has 10 nitrogen and oxygen atoms in total. The third kappa shape index (κ3) is 11.7. The van der Waals surface area contributed by atoms with E-state index in [0.717, 1.165) is 5.75 Å². The summed E-state index contributed by atoms with van der Waals surface area (Å²) in [6.45, 7) is 4.08. The van der Waals surface area contributed by atoms with Crippen LogP contribution in [0.15, 0.2) is 4.99 Å². The van der Waals surface area contributed by atoms with Crippen LogP contribution in [0.2, 0.25) is 0 Å². The van der Waals surface area contributed by atoms with E-state index < -0.39 is 35.9 Å². The van der Waals surface area contributed by atoms with Crippen molar-refractivity contribution in [3.63, 3.8) is 0 Å². The van der Waals surface area contributed by atoms with Gasteiger partial charge in [0.25, 0.3) is 0 Å². The number of hydrogen-bond donors (Lipinski definition) is 6. The Hall–Kier alpha value is -2.01. The molecule has 0 heterocycles. The van der Waals surface area contributed by atoms with Gasteiger partial charge in [-0.3, -0.25) is 14.6 Å². The van der Waals surface area contributed by atoms with Crippen molar-refractivity contribution in [2.75, 3.05) is 18.6 Å². The fourth-order valence-corrected chi connectivity index (χ4v) is 2.88. The van der Waals surface area contributed by atoms with Gasteiger partial charge in [0.05, 0.1) is 6.04 Å². The van der Waals surface area contributed by atoms with Crippen LogP contribution < -0.4 is 27.8 Å². The average Bonchev–Trinajstić information content (AvgIpc) is 2.60. The van der Waals surface area contributed by atoms with Gasteiger partial charge in [0.2, 0.25) is 11.8 Å². The molecule has 28 heavy (non-hydrogen) atoms. The van der Waals surface area contributed by atoms with Crippen LogP contribution in [0, 0.1) is 5.92 Å². The number of nitrogens with one attached hydrogen (secondary N) is 2. The molecule has 3 atom stereocenters. The molecule has 9 N–H and O–H groups in total. The summed E-state index contributed by atoms with van der Waals surface area (Å²) >= 11 is 1.58. The van der Waals surface area contributed by atoms with Gasteiger partial charge in [-0.05, 0) is 43.6 Å². The van der Waals surface area contributed by atoms with Crippen LogP contribution in [0.4, 0.5) is 0 Å². The first-order valence-corrected chi connectivity index (χ1v) is 10.6. The molecule has 0 bridgehead atoms. The Morgan fingerprint density at radius 2 is 1.68 bits per heavy atom. The van der Waals surface area contributed by atoms with E-state index in [2.05, 4.69) is 15.6 Å². The lowest BCUT2D eigenvalue weighted by molar-refractivity contribution is -0.142. The molecular formula is C17H34N6O4S. The van der Waals surface area contributed by atoms with Crippen molar-refractivity contribution in [2.24, 2.45) is 28.1 Å². The third-order valence-corrected chi connectivity index (χ3v) is 4.51. The van der Waals surface area contributed by atoms with Gasteiger partial charge in [-0.1, -0.05) is 13.8 Å². The summed E-state index contributed by atoms with van der Waals surface area (Å²) in [7, 11) is 0. The predicted octanol–water partition coefficient (Wildman–Crippen LogP) is -0.779. The first-order valence-electron chi connectivity index (χ1n) is 9.21. The summed E-state index contributed by atoms with van der Waals surface area (Å²) in [5, 5.41) is 14.5. The number of guanidine groups is 1. The van der Waals surface area contributed by atoms with Crippen LogP contribution in [-0.2, 0) is 14.4 Å². The van der Waals surface area contributed by atoms with Crippen LogP contribution >= 0.6 is 11.8 Å². The maximum atomic E-state index is 12.6. The molecule has 2 amide bonds. The zero-order valence-electron chi connectivity index (χ0n) is 16.8. The number of amides is 2. The normalized spacial score (nSPS) is 14.0. The van der Waals surface area contributed by atoms with E-state index in [1.165, 1.54) is 0 Å². The number of aliphatic imine (C=N–C) groups is 1. The summed E-state index contributed by atoms with van der Waals surface area (Å²) < 4.78 is 0. The van der Waals surface area contributed by atoms with Crippen molar-refractivity contribution < 1.29 is 19.5 Å². The van der Waals surface area contributed by atoms with E-state index in [9.17, 15) is 19.5 Å². The lowest BCUT2D eigenvalue weighted by Crippen LogP contribution is -2.54. The largest absolute Gasteiger partial charge is 0.480 e. The van der Waals surface area contributed by atoms with Crippen molar-refractivity contribution in [1.29, 1.82) is 0 Å². The molecule has 0 aromatic heterocycles. The molecule has 0 aliphatic carbocycles. The number of nitrogens with two attached hydrogens (primary N) is 3. The van der Waals surface area contributed by atoms with Gasteiger partial charge in [0, 0.05) is 6.54 Å². The number of carbonyl (C=O) groups excluding carboxylic acids is 2. The highest BCUT2D eigenvalue weighted by Gasteiger charge is 2.28. The van der Waals surface area contributed by atoms with Gasteiger partial charge in [-0.25, -0.2) is 4.79 Å². The van der Waals surface area contributed by atoms with E-state index in [-0.39, 0.29) is 24.8 Å². The minimum Gasteiger partial charge on any atom is -0.480 e. The standard InChI is InChI=1S/C17H34N6O4S/c1-10(2)9-13(23-14(24)11(18)6-8-28-3)15(25)22-12(16(26)27)5-4-7-21-17(19)20/h10-13H,4-9,18H2,1-3H3,(H,22,25)(H,23,24)(H,26,27)(H4,19,20,21)/t11-,12-,13-/m0/s1. The second-order valence-corrected chi connectivity index (χ2v) is 7.91. The quantitative estimate of drug-likeness (QED) is 0.120. The van der Waals surface area contributed by atoms with E-state index in [0.29, 0.717) is 19.3 Å². The van der Waals surface area contributed by atoms with Gasteiger partial charge in [-0.15, -0.1) is 0 Å². The summed E-state index contributed by atoms with van der Waals surface area (Å²) in [6, 6.07) is -2.67. The Morgan fingerprint density at radius 1 is 1.07 bits per heavy atom. The Balaban J connectivity index is 4.93. The van der Waals surface area contributed by atoms with Gasteiger partial charge < -0.3 is 32.9 Å². The van der Waals surface area contributed by atoms with Crippen LogP contribution in [0.3, 0.4) is 0 Å². The Bertz CT molecular complexity index is 540. The maximum Gasteiger partial charge on any atom is 0.326 e. The number of thioether (sulfide) groups is 1. The molecule has 0 aromatic rings. The Morgan fingerprint density at radius 3 is 2.18 bits per heavy atom. The molecule has 0 saturated heterocycles. The number of carboxylic acid groups (broad SMARTS) is 1. The number of carbonyl (C=O) groups is 3. The molecule has 0 aliphatic rings. The van der Waals surface area contributed by atoms with Crippen molar-refractivity contribution in [3.8, 4) is 0 Å². The summed E-state index contributed by atoms with van der Waals surface area (Å²) in [5.74, 6) is -1.36. The molecule has 0 rings (SSSR count). The van der Waals surface area contributed by atoms with E-state index >= 15 is 0 Å². The maximum absolute atomic E-state index is 12.6. The minimum absolute atomic E-state index is 0.0755.